The quantitative estimate of drug-likeness (QED) is 0.786. The first-order valence-electron chi connectivity index (χ1n) is 6.53. The van der Waals surface area contributed by atoms with Crippen molar-refractivity contribution in [3.8, 4) is 17.2 Å². The molecule has 0 saturated heterocycles. The molecule has 0 atom stereocenters. The number of ketones is 1. The molecular formula is C16H17NO5. The maximum Gasteiger partial charge on any atom is 0.261 e. The molecule has 1 heterocycles. The van der Waals surface area contributed by atoms with Gasteiger partial charge in [0.1, 0.15) is 22.8 Å². The lowest BCUT2D eigenvalue weighted by Gasteiger charge is -2.14. The van der Waals surface area contributed by atoms with Crippen LogP contribution in [-0.2, 0) is 7.05 Å². The van der Waals surface area contributed by atoms with Crippen molar-refractivity contribution in [3.63, 3.8) is 0 Å². The zero-order chi connectivity index (χ0) is 16.3. The molecule has 1 aromatic heterocycles. The lowest BCUT2D eigenvalue weighted by molar-refractivity contribution is 0.103. The fourth-order valence-corrected chi connectivity index (χ4v) is 2.13. The van der Waals surface area contributed by atoms with E-state index in [0.29, 0.717) is 5.75 Å². The number of aromatic nitrogens is 1. The molecule has 6 nitrogen and oxygen atoms in total. The number of aryl methyl sites for hydroxylation is 1. The van der Waals surface area contributed by atoms with Gasteiger partial charge in [0, 0.05) is 25.4 Å². The number of nitrogens with zero attached hydrogens (tertiary/aromatic N) is 1. The number of hydrogen-bond donors (Lipinski definition) is 0. The Morgan fingerprint density at radius 1 is 1.05 bits per heavy atom. The van der Waals surface area contributed by atoms with Crippen LogP contribution in [0.2, 0.25) is 0 Å². The van der Waals surface area contributed by atoms with Gasteiger partial charge in [-0.2, -0.15) is 0 Å². The van der Waals surface area contributed by atoms with Crippen LogP contribution in [0.25, 0.3) is 0 Å². The third-order valence-electron chi connectivity index (χ3n) is 3.31. The van der Waals surface area contributed by atoms with E-state index in [1.807, 2.05) is 0 Å². The molecule has 22 heavy (non-hydrogen) atoms. The van der Waals surface area contributed by atoms with Crippen LogP contribution in [0.1, 0.15) is 15.9 Å². The summed E-state index contributed by atoms with van der Waals surface area (Å²) in [5.74, 6) is 0.600. The number of pyridine rings is 1. The fraction of sp³-hybridized carbons (Fsp3) is 0.250. The van der Waals surface area contributed by atoms with Gasteiger partial charge in [0.2, 0.25) is 5.78 Å². The molecular weight excluding hydrogens is 286 g/mol. The van der Waals surface area contributed by atoms with Gasteiger partial charge in [-0.05, 0) is 12.1 Å². The number of carbonyl (C=O) groups excluding carboxylic acids is 1. The van der Waals surface area contributed by atoms with Crippen molar-refractivity contribution in [3.05, 3.63) is 51.9 Å². The lowest BCUT2D eigenvalue weighted by Crippen LogP contribution is -2.24. The van der Waals surface area contributed by atoms with Crippen LogP contribution in [0.5, 0.6) is 17.2 Å². The Morgan fingerprint density at radius 3 is 2.14 bits per heavy atom. The first-order valence-corrected chi connectivity index (χ1v) is 6.53. The predicted octanol–water partition coefficient (Wildman–Crippen LogP) is 1.64. The molecule has 2 rings (SSSR count). The van der Waals surface area contributed by atoms with Crippen LogP contribution < -0.4 is 19.8 Å². The Bertz CT molecular complexity index is 738. The number of ether oxygens (including phenoxy) is 3. The van der Waals surface area contributed by atoms with Crippen molar-refractivity contribution in [2.45, 2.75) is 0 Å². The molecule has 0 amide bonds. The van der Waals surface area contributed by atoms with Crippen LogP contribution in [-0.4, -0.2) is 31.7 Å². The van der Waals surface area contributed by atoms with Gasteiger partial charge in [-0.25, -0.2) is 0 Å². The SMILES string of the molecule is COc1cc(OC)c(C(=O)c2cccn(C)c2=O)c(OC)c1. The normalized spacial score (nSPS) is 10.2. The van der Waals surface area contributed by atoms with Crippen molar-refractivity contribution < 1.29 is 19.0 Å². The topological polar surface area (TPSA) is 66.8 Å². The molecule has 0 aliphatic rings. The maximum atomic E-state index is 12.8. The van der Waals surface area contributed by atoms with E-state index in [1.165, 1.54) is 32.0 Å². The largest absolute Gasteiger partial charge is 0.496 e. The average Bonchev–Trinajstić information content (AvgIpc) is 2.55. The van der Waals surface area contributed by atoms with Crippen molar-refractivity contribution in [2.24, 2.45) is 7.05 Å². The van der Waals surface area contributed by atoms with E-state index in [-0.39, 0.29) is 28.2 Å². The number of benzene rings is 1. The van der Waals surface area contributed by atoms with Gasteiger partial charge in [0.25, 0.3) is 5.56 Å². The molecule has 6 heteroatoms. The summed E-state index contributed by atoms with van der Waals surface area (Å²) >= 11 is 0. The van der Waals surface area contributed by atoms with E-state index in [0.717, 1.165) is 0 Å². The number of hydrogen-bond acceptors (Lipinski definition) is 5. The minimum absolute atomic E-state index is 0.0479. The second-order valence-corrected chi connectivity index (χ2v) is 4.57. The summed E-state index contributed by atoms with van der Waals surface area (Å²) in [7, 11) is 5.96. The summed E-state index contributed by atoms with van der Waals surface area (Å²) in [6.07, 6.45) is 1.58. The van der Waals surface area contributed by atoms with Gasteiger partial charge in [-0.3, -0.25) is 9.59 Å². The van der Waals surface area contributed by atoms with Crippen LogP contribution in [0.3, 0.4) is 0 Å². The third-order valence-corrected chi connectivity index (χ3v) is 3.31. The highest BCUT2D eigenvalue weighted by atomic mass is 16.5. The number of methoxy groups -OCH3 is 3. The average molecular weight is 303 g/mol. The fourth-order valence-electron chi connectivity index (χ4n) is 2.13. The minimum Gasteiger partial charge on any atom is -0.496 e. The summed E-state index contributed by atoms with van der Waals surface area (Å²) < 4.78 is 17.0. The van der Waals surface area contributed by atoms with E-state index in [9.17, 15) is 9.59 Å². The molecule has 1 aromatic carbocycles. The van der Waals surface area contributed by atoms with Gasteiger partial charge in [0.15, 0.2) is 0 Å². The second-order valence-electron chi connectivity index (χ2n) is 4.57. The minimum atomic E-state index is -0.461. The smallest absolute Gasteiger partial charge is 0.261 e. The zero-order valence-electron chi connectivity index (χ0n) is 12.9. The van der Waals surface area contributed by atoms with Crippen molar-refractivity contribution in [1.82, 2.24) is 4.57 Å². The lowest BCUT2D eigenvalue weighted by atomic mass is 10.0. The molecule has 0 fully saturated rings. The summed E-state index contributed by atoms with van der Waals surface area (Å²) in [4.78, 5) is 24.9. The second kappa shape index (κ2) is 6.34. The van der Waals surface area contributed by atoms with E-state index < -0.39 is 5.78 Å². The molecule has 0 spiro atoms. The Balaban J connectivity index is 2.67. The van der Waals surface area contributed by atoms with Gasteiger partial charge in [0.05, 0.1) is 26.9 Å². The van der Waals surface area contributed by atoms with Crippen molar-refractivity contribution in [1.29, 1.82) is 0 Å². The van der Waals surface area contributed by atoms with Crippen LogP contribution in [0.4, 0.5) is 0 Å². The Kier molecular flexibility index (Phi) is 4.50. The third kappa shape index (κ3) is 2.67. The first kappa shape index (κ1) is 15.6. The summed E-state index contributed by atoms with van der Waals surface area (Å²) in [5.41, 5.74) is -0.145. The summed E-state index contributed by atoms with van der Waals surface area (Å²) in [6.45, 7) is 0. The van der Waals surface area contributed by atoms with Gasteiger partial charge in [-0.15, -0.1) is 0 Å². The molecule has 0 unspecified atom stereocenters. The Morgan fingerprint density at radius 2 is 1.64 bits per heavy atom. The van der Waals surface area contributed by atoms with E-state index in [4.69, 9.17) is 14.2 Å². The standard InChI is InChI=1S/C16H17NO5/c1-17-7-5-6-11(16(17)19)15(18)14-12(21-3)8-10(20-2)9-13(14)22-4/h5-9H,1-4H3. The van der Waals surface area contributed by atoms with E-state index in [2.05, 4.69) is 0 Å². The first-order chi connectivity index (χ1) is 10.5. The van der Waals surface area contributed by atoms with Crippen LogP contribution in [0, 0.1) is 0 Å². The number of rotatable bonds is 5. The predicted molar refractivity (Wildman–Crippen MR) is 81.2 cm³/mol. The molecule has 0 N–H and O–H groups in total. The van der Waals surface area contributed by atoms with Gasteiger partial charge in [-0.1, -0.05) is 0 Å². The Hall–Kier alpha value is -2.76. The summed E-state index contributed by atoms with van der Waals surface area (Å²) in [5, 5.41) is 0. The highest BCUT2D eigenvalue weighted by Crippen LogP contribution is 2.35. The molecule has 0 saturated carbocycles. The van der Waals surface area contributed by atoms with Crippen LogP contribution >= 0.6 is 0 Å². The highest BCUT2D eigenvalue weighted by Gasteiger charge is 2.23. The highest BCUT2D eigenvalue weighted by molar-refractivity contribution is 6.12. The Labute approximate surface area is 127 Å². The maximum absolute atomic E-state index is 12.8. The van der Waals surface area contributed by atoms with Crippen molar-refractivity contribution in [2.75, 3.05) is 21.3 Å². The molecule has 0 bridgehead atoms. The number of carbonyl (C=O) groups is 1. The van der Waals surface area contributed by atoms with Crippen LogP contribution in [0.15, 0.2) is 35.3 Å². The molecule has 116 valence electrons. The molecule has 2 aromatic rings. The van der Waals surface area contributed by atoms with Crippen molar-refractivity contribution >= 4 is 5.78 Å². The molecule has 0 aliphatic carbocycles. The zero-order valence-corrected chi connectivity index (χ0v) is 12.9. The van der Waals surface area contributed by atoms with Gasteiger partial charge < -0.3 is 18.8 Å². The monoisotopic (exact) mass is 303 g/mol. The van der Waals surface area contributed by atoms with E-state index >= 15 is 0 Å². The summed E-state index contributed by atoms with van der Waals surface area (Å²) in [6, 6.07) is 6.26. The van der Waals surface area contributed by atoms with E-state index in [1.54, 1.807) is 31.4 Å². The molecule has 0 radical (unpaired) electrons. The molecule has 0 aliphatic heterocycles. The van der Waals surface area contributed by atoms with Gasteiger partial charge >= 0.3 is 0 Å².